The van der Waals surface area contributed by atoms with Crippen molar-refractivity contribution in [2.45, 2.75) is 13.1 Å². The van der Waals surface area contributed by atoms with E-state index < -0.39 is 0 Å². The standard InChI is InChI=1S/C22H17BrN4O2/c23-17-7-3-6-16(11-17)21(28)25-13-20-18-8-1-2-9-19(18)22(29)27(26-20)14-15-5-4-10-24-12-15/h1-12H,13-14H2,(H,25,28). The number of halogens is 1. The van der Waals surface area contributed by atoms with Crippen LogP contribution in [-0.4, -0.2) is 20.7 Å². The maximum absolute atomic E-state index is 12.9. The topological polar surface area (TPSA) is 76.9 Å². The van der Waals surface area contributed by atoms with E-state index >= 15 is 0 Å². The van der Waals surface area contributed by atoms with Crippen LogP contribution in [0.1, 0.15) is 21.6 Å². The second kappa shape index (κ2) is 8.36. The largest absolute Gasteiger partial charge is 0.346 e. The van der Waals surface area contributed by atoms with Crippen LogP contribution in [0.3, 0.4) is 0 Å². The van der Waals surface area contributed by atoms with E-state index in [0.717, 1.165) is 15.4 Å². The fourth-order valence-electron chi connectivity index (χ4n) is 3.10. The summed E-state index contributed by atoms with van der Waals surface area (Å²) in [6.45, 7) is 0.517. The van der Waals surface area contributed by atoms with Crippen molar-refractivity contribution in [3.05, 3.63) is 105 Å². The van der Waals surface area contributed by atoms with Gasteiger partial charge in [-0.25, -0.2) is 4.68 Å². The fourth-order valence-corrected chi connectivity index (χ4v) is 3.50. The molecule has 0 fully saturated rings. The Hall–Kier alpha value is -3.32. The summed E-state index contributed by atoms with van der Waals surface area (Å²) >= 11 is 3.37. The van der Waals surface area contributed by atoms with Crippen LogP contribution >= 0.6 is 15.9 Å². The Labute approximate surface area is 175 Å². The number of rotatable bonds is 5. The Kier molecular flexibility index (Phi) is 5.48. The summed E-state index contributed by atoms with van der Waals surface area (Å²) in [4.78, 5) is 29.5. The van der Waals surface area contributed by atoms with Crippen molar-refractivity contribution in [1.82, 2.24) is 20.1 Å². The van der Waals surface area contributed by atoms with Crippen molar-refractivity contribution in [3.8, 4) is 0 Å². The van der Waals surface area contributed by atoms with Crippen molar-refractivity contribution in [1.29, 1.82) is 0 Å². The molecule has 0 aliphatic carbocycles. The fraction of sp³-hybridized carbons (Fsp3) is 0.0909. The lowest BCUT2D eigenvalue weighted by atomic mass is 10.1. The van der Waals surface area contributed by atoms with Crippen LogP contribution in [0.4, 0.5) is 0 Å². The van der Waals surface area contributed by atoms with E-state index in [0.29, 0.717) is 23.2 Å². The Bertz CT molecular complexity index is 1240. The van der Waals surface area contributed by atoms with E-state index in [2.05, 4.69) is 31.3 Å². The molecule has 6 nitrogen and oxygen atoms in total. The van der Waals surface area contributed by atoms with Crippen LogP contribution in [0, 0.1) is 0 Å². The zero-order valence-electron chi connectivity index (χ0n) is 15.4. The first kappa shape index (κ1) is 19.0. The van der Waals surface area contributed by atoms with Gasteiger partial charge in [0.2, 0.25) is 0 Å². The minimum atomic E-state index is -0.206. The summed E-state index contributed by atoms with van der Waals surface area (Å²) in [5.74, 6) is -0.206. The van der Waals surface area contributed by atoms with E-state index in [4.69, 9.17) is 0 Å². The van der Waals surface area contributed by atoms with E-state index in [9.17, 15) is 9.59 Å². The first-order chi connectivity index (χ1) is 14.1. The number of amides is 1. The smallest absolute Gasteiger partial charge is 0.274 e. The zero-order chi connectivity index (χ0) is 20.2. The summed E-state index contributed by atoms with van der Waals surface area (Å²) in [5.41, 5.74) is 1.88. The molecule has 2 aromatic carbocycles. The van der Waals surface area contributed by atoms with Gasteiger partial charge in [-0.2, -0.15) is 5.10 Å². The monoisotopic (exact) mass is 448 g/mol. The van der Waals surface area contributed by atoms with Gasteiger partial charge in [-0.15, -0.1) is 0 Å². The normalized spacial score (nSPS) is 10.8. The number of benzene rings is 2. The van der Waals surface area contributed by atoms with Crippen LogP contribution in [0.2, 0.25) is 0 Å². The number of carbonyl (C=O) groups is 1. The third-order valence-electron chi connectivity index (χ3n) is 4.50. The molecule has 0 aliphatic heterocycles. The number of carbonyl (C=O) groups excluding carboxylic acids is 1. The summed E-state index contributed by atoms with van der Waals surface area (Å²) in [6.07, 6.45) is 3.39. The second-order valence-corrected chi connectivity index (χ2v) is 7.43. The molecule has 7 heteroatoms. The molecular weight excluding hydrogens is 432 g/mol. The lowest BCUT2D eigenvalue weighted by Gasteiger charge is -2.12. The Balaban J connectivity index is 1.67. The van der Waals surface area contributed by atoms with Gasteiger partial charge in [0.25, 0.3) is 11.5 Å². The van der Waals surface area contributed by atoms with Gasteiger partial charge in [-0.05, 0) is 35.9 Å². The van der Waals surface area contributed by atoms with Gasteiger partial charge in [-0.3, -0.25) is 14.6 Å². The van der Waals surface area contributed by atoms with E-state index in [1.807, 2.05) is 36.4 Å². The van der Waals surface area contributed by atoms with Crippen LogP contribution in [0.5, 0.6) is 0 Å². The Morgan fingerprint density at radius 1 is 1.03 bits per heavy atom. The molecule has 0 unspecified atom stereocenters. The van der Waals surface area contributed by atoms with Crippen LogP contribution < -0.4 is 10.9 Å². The summed E-state index contributed by atoms with van der Waals surface area (Å²) in [5, 5.41) is 8.73. The number of nitrogens with zero attached hydrogens (tertiary/aromatic N) is 3. The summed E-state index contributed by atoms with van der Waals surface area (Å²) < 4.78 is 2.25. The van der Waals surface area contributed by atoms with Crippen molar-refractivity contribution in [2.75, 3.05) is 0 Å². The van der Waals surface area contributed by atoms with Crippen molar-refractivity contribution < 1.29 is 4.79 Å². The predicted octanol–water partition coefficient (Wildman–Crippen LogP) is 3.53. The maximum Gasteiger partial charge on any atom is 0.274 e. The van der Waals surface area contributed by atoms with E-state index in [-0.39, 0.29) is 18.0 Å². The lowest BCUT2D eigenvalue weighted by Crippen LogP contribution is -2.29. The molecule has 2 heterocycles. The number of fused-ring (bicyclic) bond motifs is 1. The molecule has 0 aliphatic rings. The summed E-state index contributed by atoms with van der Waals surface area (Å²) in [6, 6.07) is 18.2. The van der Waals surface area contributed by atoms with Gasteiger partial charge in [-0.1, -0.05) is 46.3 Å². The van der Waals surface area contributed by atoms with Gasteiger partial charge >= 0.3 is 0 Å². The van der Waals surface area contributed by atoms with Crippen LogP contribution in [-0.2, 0) is 13.1 Å². The number of aromatic nitrogens is 3. The maximum atomic E-state index is 12.9. The first-order valence-corrected chi connectivity index (χ1v) is 9.82. The molecule has 0 saturated heterocycles. The third kappa shape index (κ3) is 4.25. The average molecular weight is 449 g/mol. The number of hydrogen-bond donors (Lipinski definition) is 1. The highest BCUT2D eigenvalue weighted by atomic mass is 79.9. The first-order valence-electron chi connectivity index (χ1n) is 9.03. The Morgan fingerprint density at radius 2 is 1.86 bits per heavy atom. The number of pyridine rings is 1. The highest BCUT2D eigenvalue weighted by Crippen LogP contribution is 2.15. The van der Waals surface area contributed by atoms with Gasteiger partial charge in [0.1, 0.15) is 0 Å². The minimum Gasteiger partial charge on any atom is -0.346 e. The molecule has 2 aromatic heterocycles. The van der Waals surface area contributed by atoms with Crippen molar-refractivity contribution in [3.63, 3.8) is 0 Å². The third-order valence-corrected chi connectivity index (χ3v) is 5.00. The number of hydrogen-bond acceptors (Lipinski definition) is 4. The Morgan fingerprint density at radius 3 is 2.62 bits per heavy atom. The highest BCUT2D eigenvalue weighted by Gasteiger charge is 2.13. The molecule has 29 heavy (non-hydrogen) atoms. The van der Waals surface area contributed by atoms with Crippen molar-refractivity contribution >= 4 is 32.6 Å². The second-order valence-electron chi connectivity index (χ2n) is 6.51. The predicted molar refractivity (Wildman–Crippen MR) is 115 cm³/mol. The van der Waals surface area contributed by atoms with Gasteiger partial charge in [0.05, 0.1) is 24.2 Å². The van der Waals surface area contributed by atoms with Gasteiger partial charge in [0, 0.05) is 27.8 Å². The summed E-state index contributed by atoms with van der Waals surface area (Å²) in [7, 11) is 0. The molecule has 0 atom stereocenters. The lowest BCUT2D eigenvalue weighted by molar-refractivity contribution is 0.0950. The van der Waals surface area contributed by atoms with Crippen LogP contribution in [0.25, 0.3) is 10.8 Å². The minimum absolute atomic E-state index is 0.175. The molecule has 144 valence electrons. The van der Waals surface area contributed by atoms with Crippen molar-refractivity contribution in [2.24, 2.45) is 0 Å². The van der Waals surface area contributed by atoms with E-state index in [1.54, 1.807) is 36.7 Å². The molecule has 1 amide bonds. The molecule has 0 spiro atoms. The molecule has 1 N–H and O–H groups in total. The average Bonchev–Trinajstić information content (AvgIpc) is 2.75. The quantitative estimate of drug-likeness (QED) is 0.506. The molecule has 4 rings (SSSR count). The van der Waals surface area contributed by atoms with E-state index in [1.165, 1.54) is 4.68 Å². The highest BCUT2D eigenvalue weighted by molar-refractivity contribution is 9.10. The molecule has 0 bridgehead atoms. The number of nitrogens with one attached hydrogen (secondary N) is 1. The van der Waals surface area contributed by atoms with Gasteiger partial charge < -0.3 is 5.32 Å². The molecule has 0 saturated carbocycles. The zero-order valence-corrected chi connectivity index (χ0v) is 17.0. The molecule has 0 radical (unpaired) electrons. The molecule has 4 aromatic rings. The van der Waals surface area contributed by atoms with Crippen LogP contribution in [0.15, 0.2) is 82.3 Å². The SMILES string of the molecule is O=C(NCc1nn(Cc2cccnc2)c(=O)c2ccccc12)c1cccc(Br)c1. The molecular formula is C22H17BrN4O2. The van der Waals surface area contributed by atoms with Gasteiger partial charge in [0.15, 0.2) is 0 Å².